The van der Waals surface area contributed by atoms with Gasteiger partial charge in [0.1, 0.15) is 12.1 Å². The van der Waals surface area contributed by atoms with Crippen LogP contribution >= 0.6 is 0 Å². The van der Waals surface area contributed by atoms with Gasteiger partial charge in [0, 0.05) is 5.56 Å². The maximum Gasteiger partial charge on any atom is 0.249 e. The third-order valence-electron chi connectivity index (χ3n) is 2.99. The molecular weight excluding hydrogens is 266 g/mol. The van der Waals surface area contributed by atoms with Gasteiger partial charge in [-0.1, -0.05) is 39.0 Å². The Hall–Kier alpha value is -2.30. The maximum absolute atomic E-state index is 6.00. The lowest BCUT2D eigenvalue weighted by atomic mass is 9.86. The average molecular weight is 287 g/mol. The van der Waals surface area contributed by atoms with Crippen molar-refractivity contribution >= 4 is 5.69 Å². The van der Waals surface area contributed by atoms with Crippen molar-refractivity contribution < 1.29 is 9.47 Å². The zero-order valence-electron chi connectivity index (χ0n) is 12.9. The summed E-state index contributed by atoms with van der Waals surface area (Å²) >= 11 is 0. The molecule has 0 bridgehead atoms. The Morgan fingerprint density at radius 1 is 1.10 bits per heavy atom. The minimum atomic E-state index is -0.0405. The largest absolute Gasteiger partial charge is 0.476 e. The van der Waals surface area contributed by atoms with Crippen LogP contribution in [0.25, 0.3) is 0 Å². The summed E-state index contributed by atoms with van der Waals surface area (Å²) in [6, 6.07) is 7.85. The molecule has 0 saturated carbocycles. The van der Waals surface area contributed by atoms with Crippen molar-refractivity contribution in [3.8, 4) is 17.5 Å². The molecule has 0 atom stereocenters. The highest BCUT2D eigenvalue weighted by Crippen LogP contribution is 2.36. The first-order chi connectivity index (χ1) is 9.93. The van der Waals surface area contributed by atoms with Crippen molar-refractivity contribution in [3.63, 3.8) is 0 Å². The van der Waals surface area contributed by atoms with E-state index in [-0.39, 0.29) is 5.41 Å². The molecule has 21 heavy (non-hydrogen) atoms. The third-order valence-corrected chi connectivity index (χ3v) is 2.99. The predicted octanol–water partition coefficient (Wildman–Crippen LogP) is 3.55. The monoisotopic (exact) mass is 287 g/mol. The van der Waals surface area contributed by atoms with Crippen LogP contribution in [0.1, 0.15) is 33.3 Å². The zero-order chi connectivity index (χ0) is 15.5. The molecule has 1 aromatic heterocycles. The van der Waals surface area contributed by atoms with Gasteiger partial charge in [-0.3, -0.25) is 0 Å². The Labute approximate surface area is 125 Å². The zero-order valence-corrected chi connectivity index (χ0v) is 12.9. The molecular formula is C16H21N3O2. The fraction of sp³-hybridized carbons (Fsp3) is 0.375. The molecule has 0 saturated heterocycles. The van der Waals surface area contributed by atoms with Crippen molar-refractivity contribution in [1.82, 2.24) is 9.97 Å². The lowest BCUT2D eigenvalue weighted by Crippen LogP contribution is -2.13. The van der Waals surface area contributed by atoms with Crippen LogP contribution < -0.4 is 15.2 Å². The van der Waals surface area contributed by atoms with Gasteiger partial charge >= 0.3 is 0 Å². The molecule has 0 spiro atoms. The van der Waals surface area contributed by atoms with Gasteiger partial charge in [0.25, 0.3) is 0 Å². The molecule has 5 nitrogen and oxygen atoms in total. The van der Waals surface area contributed by atoms with E-state index in [9.17, 15) is 0 Å². The van der Waals surface area contributed by atoms with E-state index in [1.54, 1.807) is 0 Å². The molecule has 1 heterocycles. The van der Waals surface area contributed by atoms with Gasteiger partial charge in [-0.05, 0) is 18.4 Å². The molecule has 1 aromatic carbocycles. The summed E-state index contributed by atoms with van der Waals surface area (Å²) in [4.78, 5) is 8.10. The number of anilines is 1. The minimum absolute atomic E-state index is 0.0405. The molecule has 2 rings (SSSR count). The molecule has 0 aliphatic carbocycles. The summed E-state index contributed by atoms with van der Waals surface area (Å²) in [6.07, 6.45) is 1.39. The number of hydrogen-bond donors (Lipinski definition) is 1. The van der Waals surface area contributed by atoms with Gasteiger partial charge in [0.05, 0.1) is 6.61 Å². The topological polar surface area (TPSA) is 70.3 Å². The highest BCUT2D eigenvalue weighted by atomic mass is 16.5. The van der Waals surface area contributed by atoms with Crippen molar-refractivity contribution in [2.75, 3.05) is 12.3 Å². The van der Waals surface area contributed by atoms with E-state index in [0.717, 1.165) is 11.3 Å². The van der Waals surface area contributed by atoms with E-state index in [0.29, 0.717) is 24.1 Å². The number of rotatable bonds is 4. The summed E-state index contributed by atoms with van der Waals surface area (Å²) in [5.41, 5.74) is 7.35. The highest BCUT2D eigenvalue weighted by molar-refractivity contribution is 5.57. The minimum Gasteiger partial charge on any atom is -0.476 e. The van der Waals surface area contributed by atoms with Crippen molar-refractivity contribution in [2.24, 2.45) is 0 Å². The smallest absolute Gasteiger partial charge is 0.249 e. The Bertz CT molecular complexity index is 621. The summed E-state index contributed by atoms with van der Waals surface area (Å²) in [5.74, 6) is 1.39. The molecule has 0 aliphatic rings. The first-order valence-corrected chi connectivity index (χ1v) is 6.94. The number of nitrogens with two attached hydrogens (primary N) is 1. The van der Waals surface area contributed by atoms with Crippen molar-refractivity contribution in [2.45, 2.75) is 33.1 Å². The highest BCUT2D eigenvalue weighted by Gasteiger charge is 2.20. The van der Waals surface area contributed by atoms with Crippen LogP contribution in [0.15, 0.2) is 30.6 Å². The van der Waals surface area contributed by atoms with Gasteiger partial charge in [0.15, 0.2) is 5.69 Å². The number of para-hydroxylation sites is 1. The fourth-order valence-electron chi connectivity index (χ4n) is 1.98. The predicted molar refractivity (Wildman–Crippen MR) is 82.8 cm³/mol. The van der Waals surface area contributed by atoms with E-state index >= 15 is 0 Å². The second kappa shape index (κ2) is 5.99. The Morgan fingerprint density at radius 2 is 1.76 bits per heavy atom. The molecule has 0 fully saturated rings. The molecule has 2 aromatic rings. The first-order valence-electron chi connectivity index (χ1n) is 6.94. The molecule has 0 unspecified atom stereocenters. The van der Waals surface area contributed by atoms with Crippen LogP contribution in [-0.4, -0.2) is 16.6 Å². The van der Waals surface area contributed by atoms with E-state index in [1.807, 2.05) is 31.2 Å². The molecule has 2 N–H and O–H groups in total. The molecule has 0 amide bonds. The number of benzene rings is 1. The lowest BCUT2D eigenvalue weighted by Gasteiger charge is -2.22. The Kier molecular flexibility index (Phi) is 4.31. The SMILES string of the molecule is CCOc1ncnc(Oc2ccccc2C(C)(C)C)c1N. The van der Waals surface area contributed by atoms with Gasteiger partial charge in [0.2, 0.25) is 11.8 Å². The van der Waals surface area contributed by atoms with Crippen LogP contribution in [0.4, 0.5) is 5.69 Å². The summed E-state index contributed by atoms with van der Waals surface area (Å²) in [6.45, 7) is 8.74. The van der Waals surface area contributed by atoms with E-state index in [4.69, 9.17) is 15.2 Å². The molecule has 0 radical (unpaired) electrons. The van der Waals surface area contributed by atoms with Gasteiger partial charge in [-0.15, -0.1) is 0 Å². The second-order valence-electron chi connectivity index (χ2n) is 5.68. The quantitative estimate of drug-likeness (QED) is 0.931. The fourth-order valence-corrected chi connectivity index (χ4v) is 1.98. The number of nitrogen functional groups attached to an aromatic ring is 1. The summed E-state index contributed by atoms with van der Waals surface area (Å²) in [5, 5.41) is 0. The normalized spacial score (nSPS) is 11.2. The number of ether oxygens (including phenoxy) is 2. The Balaban J connectivity index is 2.38. The summed E-state index contributed by atoms with van der Waals surface area (Å²) in [7, 11) is 0. The molecule has 112 valence electrons. The van der Waals surface area contributed by atoms with Gasteiger partial charge in [-0.25, -0.2) is 0 Å². The average Bonchev–Trinajstić information content (AvgIpc) is 2.43. The number of nitrogens with zero attached hydrogens (tertiary/aromatic N) is 2. The Morgan fingerprint density at radius 3 is 2.43 bits per heavy atom. The van der Waals surface area contributed by atoms with Crippen LogP contribution in [0.3, 0.4) is 0 Å². The van der Waals surface area contributed by atoms with Crippen molar-refractivity contribution in [3.05, 3.63) is 36.2 Å². The van der Waals surface area contributed by atoms with Crippen LogP contribution in [0, 0.1) is 0 Å². The number of hydrogen-bond acceptors (Lipinski definition) is 5. The number of aromatic nitrogens is 2. The standard InChI is InChI=1S/C16H21N3O2/c1-5-20-14-13(17)15(19-10-18-14)21-12-9-7-6-8-11(12)16(2,3)4/h6-10H,5,17H2,1-4H3. The van der Waals surface area contributed by atoms with Gasteiger partial charge in [-0.2, -0.15) is 9.97 Å². The lowest BCUT2D eigenvalue weighted by molar-refractivity contribution is 0.325. The van der Waals surface area contributed by atoms with E-state index in [2.05, 4.69) is 30.7 Å². The van der Waals surface area contributed by atoms with Gasteiger partial charge < -0.3 is 15.2 Å². The van der Waals surface area contributed by atoms with E-state index in [1.165, 1.54) is 6.33 Å². The van der Waals surface area contributed by atoms with Crippen molar-refractivity contribution in [1.29, 1.82) is 0 Å². The van der Waals surface area contributed by atoms with Crippen LogP contribution in [0.5, 0.6) is 17.5 Å². The van der Waals surface area contributed by atoms with E-state index < -0.39 is 0 Å². The first kappa shape index (κ1) is 15.1. The van der Waals surface area contributed by atoms with Crippen LogP contribution in [-0.2, 0) is 5.41 Å². The molecule has 5 heteroatoms. The maximum atomic E-state index is 6.00. The second-order valence-corrected chi connectivity index (χ2v) is 5.68. The summed E-state index contributed by atoms with van der Waals surface area (Å²) < 4.78 is 11.3. The molecule has 0 aliphatic heterocycles. The van der Waals surface area contributed by atoms with Crippen LogP contribution in [0.2, 0.25) is 0 Å². The third kappa shape index (κ3) is 3.42.